The van der Waals surface area contributed by atoms with E-state index in [1.54, 1.807) is 24.3 Å². The minimum atomic E-state index is -3.87. The molecule has 10 nitrogen and oxygen atoms in total. The number of methoxy groups -OCH3 is 1. The molecule has 3 aromatic rings. The van der Waals surface area contributed by atoms with Gasteiger partial charge >= 0.3 is 6.03 Å². The lowest BCUT2D eigenvalue weighted by atomic mass is 10.2. The van der Waals surface area contributed by atoms with Crippen molar-refractivity contribution in [1.82, 2.24) is 0 Å². The van der Waals surface area contributed by atoms with E-state index in [0.717, 1.165) is 12.1 Å². The summed E-state index contributed by atoms with van der Waals surface area (Å²) in [7, 11) is -2.50. The maximum absolute atomic E-state index is 12.7. The number of hydrogen-bond acceptors (Lipinski definition) is 7. The molecule has 32 heavy (non-hydrogen) atoms. The van der Waals surface area contributed by atoms with Crippen molar-refractivity contribution in [2.24, 2.45) is 0 Å². The monoisotopic (exact) mass is 454 g/mol. The van der Waals surface area contributed by atoms with Gasteiger partial charge in [0.05, 0.1) is 21.8 Å². The number of benzene rings is 3. The highest BCUT2D eigenvalue weighted by atomic mass is 32.2. The topological polar surface area (TPSA) is 151 Å². The van der Waals surface area contributed by atoms with Crippen molar-refractivity contribution in [3.8, 4) is 0 Å². The molecule has 164 valence electrons. The number of hydrogen-bond donors (Lipinski definition) is 3. The summed E-state index contributed by atoms with van der Waals surface area (Å²) >= 11 is 0. The quantitative estimate of drug-likeness (QED) is 0.221. The summed E-state index contributed by atoms with van der Waals surface area (Å²) in [4.78, 5) is 22.3. The van der Waals surface area contributed by atoms with Crippen LogP contribution in [-0.4, -0.2) is 32.4 Å². The number of nitrogens with one attached hydrogen (secondary N) is 3. The van der Waals surface area contributed by atoms with Gasteiger partial charge in [0.25, 0.3) is 5.69 Å². The third-order valence-corrected chi connectivity index (χ3v) is 6.15. The van der Waals surface area contributed by atoms with Gasteiger partial charge in [0.1, 0.15) is 0 Å². The zero-order valence-corrected chi connectivity index (χ0v) is 17.5. The Bertz CT molecular complexity index is 1270. The molecule has 0 radical (unpaired) electrons. The van der Waals surface area contributed by atoms with Crippen LogP contribution in [-0.2, 0) is 14.6 Å². The lowest BCUT2D eigenvalue weighted by Gasteiger charge is -2.10. The third-order valence-electron chi connectivity index (χ3n) is 4.37. The summed E-state index contributed by atoms with van der Waals surface area (Å²) in [5.41, 5.74) is 1.08. The number of carbonyl (C=O) groups is 1. The van der Waals surface area contributed by atoms with Gasteiger partial charge in [0.2, 0.25) is 15.7 Å². The van der Waals surface area contributed by atoms with Crippen molar-refractivity contribution < 1.29 is 22.9 Å². The van der Waals surface area contributed by atoms with Crippen LogP contribution >= 0.6 is 0 Å². The maximum atomic E-state index is 12.7. The van der Waals surface area contributed by atoms with Gasteiger partial charge in [-0.3, -0.25) is 15.5 Å². The fraction of sp³-hybridized carbons (Fsp3) is 0.0476. The first kappa shape index (κ1) is 22.4. The van der Waals surface area contributed by atoms with Crippen LogP contribution in [0.4, 0.5) is 21.9 Å². The number of anilines is 2. The van der Waals surface area contributed by atoms with Gasteiger partial charge in [-0.15, -0.1) is 0 Å². The normalized spacial score (nSPS) is 10.8. The Hall–Kier alpha value is -4.25. The average molecular weight is 454 g/mol. The lowest BCUT2D eigenvalue weighted by Crippen LogP contribution is -2.19. The van der Waals surface area contributed by atoms with E-state index in [1.807, 2.05) is 0 Å². The van der Waals surface area contributed by atoms with Gasteiger partial charge in [0.15, 0.2) is 0 Å². The van der Waals surface area contributed by atoms with Crippen LogP contribution in [0.5, 0.6) is 0 Å². The number of nitro benzene ring substituents is 1. The summed E-state index contributed by atoms with van der Waals surface area (Å²) in [6, 6.07) is 16.1. The van der Waals surface area contributed by atoms with Crippen molar-refractivity contribution in [2.45, 2.75) is 9.79 Å². The Balaban J connectivity index is 1.69. The Morgan fingerprint density at radius 1 is 0.938 bits per heavy atom. The second-order valence-electron chi connectivity index (χ2n) is 6.47. The molecule has 0 aliphatic carbocycles. The number of carbonyl (C=O) groups excluding carboxylic acids is 1. The van der Waals surface area contributed by atoms with E-state index in [2.05, 4.69) is 10.6 Å². The van der Waals surface area contributed by atoms with E-state index in [1.165, 1.54) is 43.5 Å². The van der Waals surface area contributed by atoms with Crippen molar-refractivity contribution in [2.75, 3.05) is 17.7 Å². The highest BCUT2D eigenvalue weighted by Crippen LogP contribution is 2.24. The zero-order chi connectivity index (χ0) is 23.3. The SMILES string of the molecule is COC(=N)c1cccc(NC(=O)Nc2ccc(S(=O)(=O)c3ccc([N+](=O)[O-])cc3)cc2)c1. The van der Waals surface area contributed by atoms with Gasteiger partial charge < -0.3 is 15.4 Å². The smallest absolute Gasteiger partial charge is 0.323 e. The number of nitrogens with zero attached hydrogens (tertiary/aromatic N) is 1. The minimum absolute atomic E-state index is 0.0249. The molecule has 2 amide bonds. The molecular formula is C21H18N4O6S. The molecule has 3 N–H and O–H groups in total. The third kappa shape index (κ3) is 5.08. The first-order valence-electron chi connectivity index (χ1n) is 9.11. The van der Waals surface area contributed by atoms with E-state index >= 15 is 0 Å². The molecular weight excluding hydrogens is 436 g/mol. The van der Waals surface area contributed by atoms with Crippen LogP contribution in [0.1, 0.15) is 5.56 Å². The fourth-order valence-electron chi connectivity index (χ4n) is 2.75. The molecule has 0 spiro atoms. The number of non-ortho nitro benzene ring substituents is 1. The van der Waals surface area contributed by atoms with E-state index < -0.39 is 20.8 Å². The second kappa shape index (κ2) is 9.27. The molecule has 0 aliphatic heterocycles. The second-order valence-corrected chi connectivity index (χ2v) is 8.42. The molecule has 11 heteroatoms. The maximum Gasteiger partial charge on any atom is 0.323 e. The van der Waals surface area contributed by atoms with Crippen LogP contribution in [0.25, 0.3) is 0 Å². The molecule has 0 bridgehead atoms. The predicted molar refractivity (Wildman–Crippen MR) is 118 cm³/mol. The summed E-state index contributed by atoms with van der Waals surface area (Å²) in [6.45, 7) is 0. The predicted octanol–water partition coefficient (Wildman–Crippen LogP) is 4.04. The first-order chi connectivity index (χ1) is 15.2. The number of amides is 2. The summed E-state index contributed by atoms with van der Waals surface area (Å²) in [6.07, 6.45) is 0. The minimum Gasteiger partial charge on any atom is -0.481 e. The molecule has 3 rings (SSSR count). The largest absolute Gasteiger partial charge is 0.481 e. The Labute approximate surface area is 183 Å². The molecule has 0 heterocycles. The van der Waals surface area contributed by atoms with Crippen LogP contribution in [0.15, 0.2) is 82.6 Å². The van der Waals surface area contributed by atoms with E-state index in [4.69, 9.17) is 10.1 Å². The Morgan fingerprint density at radius 3 is 2.06 bits per heavy atom. The number of nitro groups is 1. The van der Waals surface area contributed by atoms with Crippen LogP contribution in [0.3, 0.4) is 0 Å². The molecule has 0 aliphatic rings. The van der Waals surface area contributed by atoms with Crippen molar-refractivity contribution in [3.63, 3.8) is 0 Å². The highest BCUT2D eigenvalue weighted by Gasteiger charge is 2.19. The fourth-order valence-corrected chi connectivity index (χ4v) is 4.01. The van der Waals surface area contributed by atoms with E-state index in [0.29, 0.717) is 16.9 Å². The molecule has 0 fully saturated rings. The molecule has 0 atom stereocenters. The van der Waals surface area contributed by atoms with Crippen LogP contribution in [0.2, 0.25) is 0 Å². The van der Waals surface area contributed by atoms with Gasteiger partial charge in [-0.25, -0.2) is 13.2 Å². The number of urea groups is 1. The van der Waals surface area contributed by atoms with E-state index in [9.17, 15) is 23.3 Å². The summed E-state index contributed by atoms with van der Waals surface area (Å²) < 4.78 is 30.3. The van der Waals surface area contributed by atoms with Gasteiger partial charge in [-0.05, 0) is 54.6 Å². The number of ether oxygens (including phenoxy) is 1. The standard InChI is InChI=1S/C21H18N4O6S/c1-31-20(22)14-3-2-4-16(13-14)24-21(26)23-15-5-9-18(10-6-15)32(29,30)19-11-7-17(8-12-19)25(27)28/h2-13,22H,1H3,(H2,23,24,26). The van der Waals surface area contributed by atoms with Crippen molar-refractivity contribution in [3.05, 3.63) is 88.5 Å². The average Bonchev–Trinajstić information content (AvgIpc) is 2.79. The summed E-state index contributed by atoms with van der Waals surface area (Å²) in [5, 5.41) is 23.6. The van der Waals surface area contributed by atoms with E-state index in [-0.39, 0.29) is 21.4 Å². The molecule has 0 saturated heterocycles. The number of rotatable bonds is 6. The van der Waals surface area contributed by atoms with Crippen LogP contribution < -0.4 is 10.6 Å². The number of sulfone groups is 1. The molecule has 0 aromatic heterocycles. The van der Waals surface area contributed by atoms with Crippen LogP contribution in [0, 0.1) is 15.5 Å². The molecule has 0 unspecified atom stereocenters. The summed E-state index contributed by atoms with van der Waals surface area (Å²) in [5.74, 6) is -0.0427. The zero-order valence-electron chi connectivity index (χ0n) is 16.7. The highest BCUT2D eigenvalue weighted by molar-refractivity contribution is 7.91. The lowest BCUT2D eigenvalue weighted by molar-refractivity contribution is -0.384. The molecule has 3 aromatic carbocycles. The van der Waals surface area contributed by atoms with Crippen molar-refractivity contribution >= 4 is 38.8 Å². The Morgan fingerprint density at radius 2 is 1.50 bits per heavy atom. The molecule has 0 saturated carbocycles. The van der Waals surface area contributed by atoms with Gasteiger partial charge in [-0.1, -0.05) is 6.07 Å². The van der Waals surface area contributed by atoms with Crippen molar-refractivity contribution in [1.29, 1.82) is 5.41 Å². The van der Waals surface area contributed by atoms with Gasteiger partial charge in [-0.2, -0.15) is 0 Å². The first-order valence-corrected chi connectivity index (χ1v) is 10.6. The van der Waals surface area contributed by atoms with Gasteiger partial charge in [0, 0.05) is 29.1 Å². The Kier molecular flexibility index (Phi) is 6.50.